The van der Waals surface area contributed by atoms with Gasteiger partial charge in [-0.05, 0) is 48.8 Å². The lowest BCUT2D eigenvalue weighted by molar-refractivity contribution is -0.122. The van der Waals surface area contributed by atoms with E-state index in [2.05, 4.69) is 42.5 Å². The molecule has 112 valence electrons. The molecule has 0 aliphatic carbocycles. The standard InChI is InChI=1S/C14H20Br2N2O2/c1-4-17-14(19)9(3)18-8-10-6-11(15)7-12(16)13(10)20-5-2/h6-7,9,18H,4-5,8H2,1-3H3,(H,17,19). The van der Waals surface area contributed by atoms with Gasteiger partial charge in [-0.3, -0.25) is 4.79 Å². The molecule has 1 aromatic carbocycles. The van der Waals surface area contributed by atoms with E-state index in [1.54, 1.807) is 0 Å². The minimum absolute atomic E-state index is 0.000442. The van der Waals surface area contributed by atoms with Crippen LogP contribution in [0.3, 0.4) is 0 Å². The summed E-state index contributed by atoms with van der Waals surface area (Å²) in [5.41, 5.74) is 1.00. The summed E-state index contributed by atoms with van der Waals surface area (Å²) in [6.45, 7) is 7.49. The van der Waals surface area contributed by atoms with E-state index in [9.17, 15) is 4.79 Å². The summed E-state index contributed by atoms with van der Waals surface area (Å²) in [5.74, 6) is 0.811. The molecule has 0 aromatic heterocycles. The number of hydrogen-bond acceptors (Lipinski definition) is 3. The van der Waals surface area contributed by atoms with Crippen LogP contribution >= 0.6 is 31.9 Å². The van der Waals surface area contributed by atoms with Gasteiger partial charge in [0.1, 0.15) is 5.75 Å². The Balaban J connectivity index is 2.78. The fraction of sp³-hybridized carbons (Fsp3) is 0.500. The zero-order valence-corrected chi connectivity index (χ0v) is 15.1. The fourth-order valence-electron chi connectivity index (χ4n) is 1.73. The quantitative estimate of drug-likeness (QED) is 0.729. The van der Waals surface area contributed by atoms with Crippen molar-refractivity contribution in [1.29, 1.82) is 0 Å². The Morgan fingerprint density at radius 3 is 2.65 bits per heavy atom. The normalized spacial score (nSPS) is 12.1. The van der Waals surface area contributed by atoms with Crippen molar-refractivity contribution >= 4 is 37.8 Å². The van der Waals surface area contributed by atoms with E-state index >= 15 is 0 Å². The van der Waals surface area contributed by atoms with Crippen LogP contribution in [0, 0.1) is 0 Å². The number of benzene rings is 1. The predicted octanol–water partition coefficient (Wildman–Crippen LogP) is 3.22. The van der Waals surface area contributed by atoms with Gasteiger partial charge in [-0.2, -0.15) is 0 Å². The molecule has 1 amide bonds. The van der Waals surface area contributed by atoms with Gasteiger partial charge in [-0.1, -0.05) is 15.9 Å². The van der Waals surface area contributed by atoms with Crippen LogP contribution in [0.2, 0.25) is 0 Å². The number of carbonyl (C=O) groups excluding carboxylic acids is 1. The van der Waals surface area contributed by atoms with Gasteiger partial charge in [-0.15, -0.1) is 0 Å². The maximum atomic E-state index is 11.7. The number of ether oxygens (including phenoxy) is 1. The summed E-state index contributed by atoms with van der Waals surface area (Å²) < 4.78 is 7.52. The van der Waals surface area contributed by atoms with Crippen LogP contribution in [0.25, 0.3) is 0 Å². The number of likely N-dealkylation sites (N-methyl/N-ethyl adjacent to an activating group) is 1. The second kappa shape index (κ2) is 8.64. The van der Waals surface area contributed by atoms with Crippen LogP contribution in [0.1, 0.15) is 26.3 Å². The fourth-order valence-corrected chi connectivity index (χ4v) is 3.16. The lowest BCUT2D eigenvalue weighted by Gasteiger charge is -2.17. The van der Waals surface area contributed by atoms with Crippen molar-refractivity contribution in [3.05, 3.63) is 26.6 Å². The molecule has 0 aliphatic heterocycles. The molecule has 0 heterocycles. The van der Waals surface area contributed by atoms with Crippen LogP contribution < -0.4 is 15.4 Å². The largest absolute Gasteiger partial charge is 0.492 e. The van der Waals surface area contributed by atoms with Gasteiger partial charge in [0.2, 0.25) is 5.91 Å². The topological polar surface area (TPSA) is 50.4 Å². The second-order valence-corrected chi connectivity index (χ2v) is 6.08. The van der Waals surface area contributed by atoms with Crippen molar-refractivity contribution in [2.45, 2.75) is 33.4 Å². The summed E-state index contributed by atoms with van der Waals surface area (Å²) in [4.78, 5) is 11.7. The molecular formula is C14H20Br2N2O2. The van der Waals surface area contributed by atoms with Gasteiger partial charge >= 0.3 is 0 Å². The third-order valence-electron chi connectivity index (χ3n) is 2.72. The number of hydrogen-bond donors (Lipinski definition) is 2. The number of halogens is 2. The van der Waals surface area contributed by atoms with Gasteiger partial charge in [0.25, 0.3) is 0 Å². The van der Waals surface area contributed by atoms with Gasteiger partial charge in [-0.25, -0.2) is 0 Å². The molecule has 0 saturated carbocycles. The summed E-state index contributed by atoms with van der Waals surface area (Å²) in [6.07, 6.45) is 0. The van der Waals surface area contributed by atoms with E-state index in [-0.39, 0.29) is 11.9 Å². The molecule has 0 bridgehead atoms. The van der Waals surface area contributed by atoms with Crippen LogP contribution in [0.5, 0.6) is 5.75 Å². The van der Waals surface area contributed by atoms with Crippen molar-refractivity contribution < 1.29 is 9.53 Å². The molecule has 0 radical (unpaired) electrons. The molecule has 0 saturated heterocycles. The Hall–Kier alpha value is -0.590. The maximum Gasteiger partial charge on any atom is 0.236 e. The first kappa shape index (κ1) is 17.5. The Kier molecular flexibility index (Phi) is 7.55. The number of amides is 1. The van der Waals surface area contributed by atoms with Crippen LogP contribution in [-0.4, -0.2) is 25.1 Å². The summed E-state index contributed by atoms with van der Waals surface area (Å²) >= 11 is 6.96. The first-order valence-corrected chi connectivity index (χ1v) is 8.20. The van der Waals surface area contributed by atoms with E-state index < -0.39 is 0 Å². The van der Waals surface area contributed by atoms with E-state index in [1.807, 2.05) is 32.9 Å². The minimum atomic E-state index is -0.248. The van der Waals surface area contributed by atoms with Crippen LogP contribution in [-0.2, 0) is 11.3 Å². The molecule has 6 heteroatoms. The molecule has 20 heavy (non-hydrogen) atoms. The average Bonchev–Trinajstić information content (AvgIpc) is 2.39. The highest BCUT2D eigenvalue weighted by molar-refractivity contribution is 9.11. The highest BCUT2D eigenvalue weighted by atomic mass is 79.9. The summed E-state index contributed by atoms with van der Waals surface area (Å²) in [5, 5.41) is 6.00. The lowest BCUT2D eigenvalue weighted by atomic mass is 10.2. The second-order valence-electron chi connectivity index (χ2n) is 4.31. The van der Waals surface area contributed by atoms with E-state index in [1.165, 1.54) is 0 Å². The number of rotatable bonds is 7. The molecule has 0 aliphatic rings. The molecular weight excluding hydrogens is 388 g/mol. The SMILES string of the molecule is CCNC(=O)C(C)NCc1cc(Br)cc(Br)c1OCC. The number of nitrogens with one attached hydrogen (secondary N) is 2. The van der Waals surface area contributed by atoms with E-state index in [0.717, 1.165) is 20.3 Å². The average molecular weight is 408 g/mol. The van der Waals surface area contributed by atoms with Crippen LogP contribution in [0.15, 0.2) is 21.1 Å². The molecule has 4 nitrogen and oxygen atoms in total. The van der Waals surface area contributed by atoms with Crippen LogP contribution in [0.4, 0.5) is 0 Å². The first-order valence-electron chi connectivity index (χ1n) is 6.61. The molecule has 1 rings (SSSR count). The van der Waals surface area contributed by atoms with E-state index in [0.29, 0.717) is 19.7 Å². The zero-order valence-electron chi connectivity index (χ0n) is 11.9. The van der Waals surface area contributed by atoms with Gasteiger partial charge in [0.05, 0.1) is 17.1 Å². The summed E-state index contributed by atoms with van der Waals surface area (Å²) in [7, 11) is 0. The van der Waals surface area contributed by atoms with Crippen molar-refractivity contribution in [2.75, 3.05) is 13.2 Å². The Labute approximate surface area is 136 Å². The molecule has 1 atom stereocenters. The highest BCUT2D eigenvalue weighted by Crippen LogP contribution is 2.33. The number of carbonyl (C=O) groups is 1. The van der Waals surface area contributed by atoms with Gasteiger partial charge in [0.15, 0.2) is 0 Å². The lowest BCUT2D eigenvalue weighted by Crippen LogP contribution is -2.41. The molecule has 1 unspecified atom stereocenters. The maximum absolute atomic E-state index is 11.7. The molecule has 0 spiro atoms. The Morgan fingerprint density at radius 2 is 2.05 bits per heavy atom. The van der Waals surface area contributed by atoms with Gasteiger partial charge < -0.3 is 15.4 Å². The van der Waals surface area contributed by atoms with Gasteiger partial charge in [0, 0.05) is 23.1 Å². The Morgan fingerprint density at radius 1 is 1.35 bits per heavy atom. The van der Waals surface area contributed by atoms with Crippen molar-refractivity contribution in [3.8, 4) is 5.75 Å². The van der Waals surface area contributed by atoms with Crippen molar-refractivity contribution in [1.82, 2.24) is 10.6 Å². The van der Waals surface area contributed by atoms with Crippen molar-refractivity contribution in [3.63, 3.8) is 0 Å². The van der Waals surface area contributed by atoms with Crippen molar-refractivity contribution in [2.24, 2.45) is 0 Å². The smallest absolute Gasteiger partial charge is 0.236 e. The highest BCUT2D eigenvalue weighted by Gasteiger charge is 2.14. The first-order chi connectivity index (χ1) is 9.49. The monoisotopic (exact) mass is 406 g/mol. The summed E-state index contributed by atoms with van der Waals surface area (Å²) in [6, 6.07) is 3.69. The molecule has 1 aromatic rings. The minimum Gasteiger partial charge on any atom is -0.492 e. The Bertz CT molecular complexity index is 467. The third kappa shape index (κ3) is 5.07. The third-order valence-corrected chi connectivity index (χ3v) is 3.76. The predicted molar refractivity (Wildman–Crippen MR) is 88.0 cm³/mol. The molecule has 2 N–H and O–H groups in total. The zero-order chi connectivity index (χ0) is 15.1. The molecule has 0 fully saturated rings. The van der Waals surface area contributed by atoms with E-state index in [4.69, 9.17) is 4.74 Å².